The first-order valence-corrected chi connectivity index (χ1v) is 19.7. The molecular weight excluding hydrogens is 725 g/mol. The standard InChI is InChI=1S/C45H48N4O8/c50-28-45(22-10-11-23-45)49-40(51)25-31-14-2-1-3-19-38(48-44(55)57-26-37-35-17-8-6-15-33(35)34-16-7-9-18-36(34)37)43(54)56-27-39(47-41(31)52)42(53)46-32-21-20-29-12-4-5-13-30(29)24-32/h1-2,4-9,12-13,15-18,20-21,24,31,37-39,50H,3,10-11,14,19,22-23,25-28H2,(H,46,53)(H,47,52)(H,48,55)(H,49,51). The molecule has 3 aliphatic rings. The molecule has 0 aromatic heterocycles. The summed E-state index contributed by atoms with van der Waals surface area (Å²) in [4.78, 5) is 67.8. The summed E-state index contributed by atoms with van der Waals surface area (Å²) in [6.45, 7) is -0.672. The number of allylic oxidation sites excluding steroid dienone is 2. The molecule has 7 rings (SSSR count). The molecule has 0 radical (unpaired) electrons. The van der Waals surface area contributed by atoms with E-state index < -0.39 is 54.0 Å². The van der Waals surface area contributed by atoms with Crippen molar-refractivity contribution >= 4 is 46.2 Å². The monoisotopic (exact) mass is 772 g/mol. The fourth-order valence-corrected chi connectivity index (χ4v) is 8.14. The topological polar surface area (TPSA) is 172 Å². The van der Waals surface area contributed by atoms with Gasteiger partial charge in [0.15, 0.2) is 0 Å². The van der Waals surface area contributed by atoms with Crippen LogP contribution in [0.3, 0.4) is 0 Å². The van der Waals surface area contributed by atoms with Gasteiger partial charge in [-0.1, -0.05) is 104 Å². The van der Waals surface area contributed by atoms with E-state index in [4.69, 9.17) is 9.47 Å². The second-order valence-electron chi connectivity index (χ2n) is 15.1. The average molecular weight is 773 g/mol. The largest absolute Gasteiger partial charge is 0.461 e. The van der Waals surface area contributed by atoms with E-state index in [1.54, 1.807) is 24.3 Å². The lowest BCUT2D eigenvalue weighted by atomic mass is 9.95. The van der Waals surface area contributed by atoms with E-state index >= 15 is 0 Å². The Morgan fingerprint density at radius 3 is 2.26 bits per heavy atom. The van der Waals surface area contributed by atoms with Crippen molar-refractivity contribution in [3.8, 4) is 11.1 Å². The lowest BCUT2D eigenvalue weighted by Gasteiger charge is -2.29. The average Bonchev–Trinajstić information content (AvgIpc) is 3.82. The number of amides is 4. The molecule has 4 amide bonds. The molecular formula is C45H48N4O8. The van der Waals surface area contributed by atoms with Crippen LogP contribution in [0.5, 0.6) is 0 Å². The van der Waals surface area contributed by atoms with E-state index in [9.17, 15) is 29.1 Å². The van der Waals surface area contributed by atoms with E-state index in [1.165, 1.54) is 0 Å². The number of hydrogen-bond donors (Lipinski definition) is 5. The highest BCUT2D eigenvalue weighted by atomic mass is 16.6. The number of benzene rings is 4. The molecule has 1 aliphatic heterocycles. The van der Waals surface area contributed by atoms with Gasteiger partial charge in [0.25, 0.3) is 5.91 Å². The number of cyclic esters (lactones) is 1. The van der Waals surface area contributed by atoms with Crippen LogP contribution in [0.25, 0.3) is 21.9 Å². The number of aliphatic hydroxyl groups is 1. The van der Waals surface area contributed by atoms with Crippen molar-refractivity contribution in [2.75, 3.05) is 25.1 Å². The smallest absolute Gasteiger partial charge is 0.407 e. The molecule has 12 heteroatoms. The number of fused-ring (bicyclic) bond motifs is 4. The van der Waals surface area contributed by atoms with Crippen LogP contribution >= 0.6 is 0 Å². The predicted octanol–water partition coefficient (Wildman–Crippen LogP) is 5.88. The number of carbonyl (C=O) groups is 5. The number of rotatable bonds is 9. The quantitative estimate of drug-likeness (QED) is 0.104. The number of ether oxygens (including phenoxy) is 2. The summed E-state index contributed by atoms with van der Waals surface area (Å²) < 4.78 is 11.4. The van der Waals surface area contributed by atoms with Gasteiger partial charge >= 0.3 is 12.1 Å². The molecule has 1 fully saturated rings. The maximum atomic E-state index is 13.8. The maximum absolute atomic E-state index is 13.8. The second kappa shape index (κ2) is 17.8. The molecule has 57 heavy (non-hydrogen) atoms. The molecule has 3 atom stereocenters. The van der Waals surface area contributed by atoms with Gasteiger partial charge in [0.2, 0.25) is 11.8 Å². The van der Waals surface area contributed by atoms with E-state index in [-0.39, 0.29) is 44.3 Å². The predicted molar refractivity (Wildman–Crippen MR) is 215 cm³/mol. The maximum Gasteiger partial charge on any atom is 0.407 e. The highest BCUT2D eigenvalue weighted by Gasteiger charge is 2.37. The van der Waals surface area contributed by atoms with E-state index in [1.807, 2.05) is 78.9 Å². The Hall–Kier alpha value is -6.01. The van der Waals surface area contributed by atoms with E-state index in [2.05, 4.69) is 21.3 Å². The van der Waals surface area contributed by atoms with Gasteiger partial charge < -0.3 is 35.8 Å². The number of hydrogen-bond acceptors (Lipinski definition) is 8. The minimum atomic E-state index is -1.34. The van der Waals surface area contributed by atoms with Gasteiger partial charge in [0, 0.05) is 18.0 Å². The molecule has 0 spiro atoms. The normalized spacial score (nSPS) is 20.8. The molecule has 3 unspecified atom stereocenters. The van der Waals surface area contributed by atoms with Crippen molar-refractivity contribution < 1.29 is 38.6 Å². The number of esters is 1. The molecule has 0 bridgehead atoms. The van der Waals surface area contributed by atoms with Crippen molar-refractivity contribution in [1.82, 2.24) is 16.0 Å². The summed E-state index contributed by atoms with van der Waals surface area (Å²) in [7, 11) is 0. The van der Waals surface area contributed by atoms with E-state index in [0.717, 1.165) is 45.9 Å². The molecule has 5 N–H and O–H groups in total. The Labute approximate surface area is 331 Å². The van der Waals surface area contributed by atoms with Crippen LogP contribution in [0.1, 0.15) is 68.4 Å². The fraction of sp³-hybridized carbons (Fsp3) is 0.356. The minimum Gasteiger partial charge on any atom is -0.461 e. The lowest BCUT2D eigenvalue weighted by Crippen LogP contribution is -2.52. The second-order valence-corrected chi connectivity index (χ2v) is 15.1. The zero-order chi connectivity index (χ0) is 39.8. The first kappa shape index (κ1) is 39.2. The van der Waals surface area contributed by atoms with Gasteiger partial charge in [-0.3, -0.25) is 14.4 Å². The number of carbonyl (C=O) groups excluding carboxylic acids is 5. The van der Waals surface area contributed by atoms with Crippen LogP contribution in [-0.2, 0) is 28.7 Å². The van der Waals surface area contributed by atoms with Gasteiger partial charge in [-0.25, -0.2) is 9.59 Å². The van der Waals surface area contributed by atoms with Gasteiger partial charge in [-0.15, -0.1) is 0 Å². The summed E-state index contributed by atoms with van der Waals surface area (Å²) in [5, 5.41) is 23.1. The highest BCUT2D eigenvalue weighted by molar-refractivity contribution is 6.00. The van der Waals surface area contributed by atoms with Crippen molar-refractivity contribution in [3.63, 3.8) is 0 Å². The summed E-state index contributed by atoms with van der Waals surface area (Å²) in [5.74, 6) is -3.41. The van der Waals surface area contributed by atoms with E-state index in [0.29, 0.717) is 24.9 Å². The Morgan fingerprint density at radius 2 is 1.54 bits per heavy atom. The van der Waals surface area contributed by atoms with Crippen LogP contribution in [-0.4, -0.2) is 72.3 Å². The number of anilines is 1. The van der Waals surface area contributed by atoms with Gasteiger partial charge in [-0.05, 0) is 77.3 Å². The van der Waals surface area contributed by atoms with Crippen LogP contribution in [0, 0.1) is 5.92 Å². The Bertz CT molecular complexity index is 2120. The van der Waals surface area contributed by atoms with Crippen LogP contribution in [0.2, 0.25) is 0 Å². The first-order chi connectivity index (χ1) is 27.7. The lowest BCUT2D eigenvalue weighted by molar-refractivity contribution is -0.148. The molecule has 2 aliphatic carbocycles. The molecule has 0 saturated heterocycles. The van der Waals surface area contributed by atoms with Gasteiger partial charge in [0.1, 0.15) is 25.3 Å². The van der Waals surface area contributed by atoms with Crippen molar-refractivity contribution in [1.29, 1.82) is 0 Å². The molecule has 12 nitrogen and oxygen atoms in total. The Morgan fingerprint density at radius 1 is 0.860 bits per heavy atom. The minimum absolute atomic E-state index is 0.0545. The van der Waals surface area contributed by atoms with Crippen LogP contribution < -0.4 is 21.3 Å². The Balaban J connectivity index is 1.06. The zero-order valence-electron chi connectivity index (χ0n) is 31.7. The zero-order valence-corrected chi connectivity index (χ0v) is 31.7. The van der Waals surface area contributed by atoms with Crippen LogP contribution in [0.4, 0.5) is 10.5 Å². The van der Waals surface area contributed by atoms with Crippen molar-refractivity contribution in [2.24, 2.45) is 5.92 Å². The van der Waals surface area contributed by atoms with Crippen LogP contribution in [0.15, 0.2) is 103 Å². The molecule has 4 aromatic rings. The SMILES string of the molecule is O=C(CC1CC=CCCC(NC(=O)OCC2c3ccccc3-c3ccccc32)C(=O)OCC(C(=O)Nc2ccc3ccccc3c2)NC1=O)NC1(CO)CCCC1. The highest BCUT2D eigenvalue weighted by Crippen LogP contribution is 2.44. The Kier molecular flexibility index (Phi) is 12.3. The number of aliphatic hydroxyl groups excluding tert-OH is 1. The molecule has 296 valence electrons. The molecule has 4 aromatic carbocycles. The van der Waals surface area contributed by atoms with Gasteiger partial charge in [-0.2, -0.15) is 0 Å². The van der Waals surface area contributed by atoms with Crippen molar-refractivity contribution in [2.45, 2.75) is 74.9 Å². The first-order valence-electron chi connectivity index (χ1n) is 19.7. The molecule has 1 heterocycles. The van der Waals surface area contributed by atoms with Gasteiger partial charge in [0.05, 0.1) is 18.1 Å². The summed E-state index contributed by atoms with van der Waals surface area (Å²) in [6, 6.07) is 26.6. The summed E-state index contributed by atoms with van der Waals surface area (Å²) in [5.41, 5.74) is 4.04. The number of nitrogens with one attached hydrogen (secondary N) is 4. The molecule has 1 saturated carbocycles. The third kappa shape index (κ3) is 9.35. The third-order valence-corrected chi connectivity index (χ3v) is 11.2. The van der Waals surface area contributed by atoms with Crippen molar-refractivity contribution in [3.05, 3.63) is 114 Å². The number of alkyl carbamates (subject to hydrolysis) is 1. The summed E-state index contributed by atoms with van der Waals surface area (Å²) >= 11 is 0. The third-order valence-electron chi connectivity index (χ3n) is 11.2. The summed E-state index contributed by atoms with van der Waals surface area (Å²) in [6.07, 6.45) is 6.31. The fourth-order valence-electron chi connectivity index (χ4n) is 8.14.